The normalized spacial score (nSPS) is 12.6. The lowest BCUT2D eigenvalue weighted by molar-refractivity contribution is 0.0658. The minimum atomic E-state index is -0.245. The third kappa shape index (κ3) is 2.36. The van der Waals surface area contributed by atoms with Gasteiger partial charge in [-0.25, -0.2) is 0 Å². The van der Waals surface area contributed by atoms with Crippen molar-refractivity contribution in [3.8, 4) is 12.3 Å². The van der Waals surface area contributed by atoms with Gasteiger partial charge in [0.05, 0.1) is 11.1 Å². The quantitative estimate of drug-likeness (QED) is 0.576. The zero-order valence-corrected chi connectivity index (χ0v) is 10.1. The van der Waals surface area contributed by atoms with Crippen LogP contribution in [0.2, 0.25) is 0 Å². The number of carbonyl (C=O) groups is 2. The first-order chi connectivity index (χ1) is 8.25. The number of nitrogens with zero attached hydrogens (tertiary/aromatic N) is 1. The molecule has 1 aromatic rings. The summed E-state index contributed by atoms with van der Waals surface area (Å²) < 4.78 is 0. The summed E-state index contributed by atoms with van der Waals surface area (Å²) in [6, 6.07) is 6.81. The number of carbonyl (C=O) groups excluding carboxylic acids is 2. The number of hydrogen-bond donors (Lipinski definition) is 0. The van der Waals surface area contributed by atoms with Crippen molar-refractivity contribution >= 4 is 11.8 Å². The summed E-state index contributed by atoms with van der Waals surface area (Å²) in [5.74, 6) is 1.93. The first kappa shape index (κ1) is 13.0. The Hall–Kier alpha value is -2.08. The predicted molar refractivity (Wildman–Crippen MR) is 66.6 cm³/mol. The molecule has 1 aromatic carbocycles. The molecule has 0 bridgehead atoms. The van der Waals surface area contributed by atoms with Crippen molar-refractivity contribution in [2.24, 2.45) is 0 Å². The molecule has 0 atom stereocenters. The van der Waals surface area contributed by atoms with Gasteiger partial charge >= 0.3 is 0 Å². The van der Waals surface area contributed by atoms with Crippen molar-refractivity contribution in [3.63, 3.8) is 0 Å². The smallest absolute Gasteiger partial charge is 0.261 e. The van der Waals surface area contributed by atoms with E-state index in [1.165, 1.54) is 4.90 Å². The van der Waals surface area contributed by atoms with Gasteiger partial charge in [0, 0.05) is 13.0 Å². The minimum absolute atomic E-state index is 0.245. The predicted octanol–water partition coefficient (Wildman–Crippen LogP) is 2.33. The van der Waals surface area contributed by atoms with Crippen molar-refractivity contribution in [1.29, 1.82) is 0 Å². The van der Waals surface area contributed by atoms with E-state index in [-0.39, 0.29) is 11.8 Å². The van der Waals surface area contributed by atoms with Gasteiger partial charge in [-0.15, -0.1) is 12.3 Å². The average Bonchev–Trinajstić information content (AvgIpc) is 2.63. The van der Waals surface area contributed by atoms with Gasteiger partial charge in [0.25, 0.3) is 11.8 Å². The molecule has 0 saturated carbocycles. The second-order valence-electron chi connectivity index (χ2n) is 3.26. The Kier molecular flexibility index (Phi) is 4.47. The van der Waals surface area contributed by atoms with Gasteiger partial charge in [-0.2, -0.15) is 0 Å². The van der Waals surface area contributed by atoms with Gasteiger partial charge in [0.2, 0.25) is 0 Å². The highest BCUT2D eigenvalue weighted by atomic mass is 16.2. The Morgan fingerprint density at radius 2 is 1.59 bits per heavy atom. The number of benzene rings is 1. The molecule has 2 rings (SSSR count). The van der Waals surface area contributed by atoms with Crippen LogP contribution in [0.3, 0.4) is 0 Å². The van der Waals surface area contributed by atoms with Crippen molar-refractivity contribution in [2.45, 2.75) is 20.3 Å². The summed E-state index contributed by atoms with van der Waals surface area (Å²) >= 11 is 0. The Balaban J connectivity index is 0.000000686. The van der Waals surface area contributed by atoms with Crippen molar-refractivity contribution in [2.75, 3.05) is 6.54 Å². The van der Waals surface area contributed by atoms with Gasteiger partial charge in [-0.05, 0) is 12.1 Å². The fraction of sp³-hybridized carbons (Fsp3) is 0.286. The fourth-order valence-corrected chi connectivity index (χ4v) is 1.62. The standard InChI is InChI=1S/C12H9NO2.C2H6/c1-2-3-8-13-11(14)9-6-4-5-7-10(9)12(13)15;1-2/h1,4-7H,3,8H2;1-2H3. The van der Waals surface area contributed by atoms with E-state index >= 15 is 0 Å². The molecule has 0 fully saturated rings. The molecular weight excluding hydrogens is 214 g/mol. The number of rotatable bonds is 2. The average molecular weight is 229 g/mol. The van der Waals surface area contributed by atoms with Crippen molar-refractivity contribution < 1.29 is 9.59 Å². The Bertz CT molecular complexity index is 436. The van der Waals surface area contributed by atoms with Crippen LogP contribution < -0.4 is 0 Å². The Morgan fingerprint density at radius 3 is 2.00 bits per heavy atom. The molecule has 0 aromatic heterocycles. The molecule has 1 aliphatic heterocycles. The zero-order chi connectivity index (χ0) is 12.8. The summed E-state index contributed by atoms with van der Waals surface area (Å²) in [7, 11) is 0. The second kappa shape index (κ2) is 5.86. The highest BCUT2D eigenvalue weighted by Gasteiger charge is 2.34. The van der Waals surface area contributed by atoms with Gasteiger partial charge in [0.15, 0.2) is 0 Å². The topological polar surface area (TPSA) is 37.4 Å². The van der Waals surface area contributed by atoms with Crippen molar-refractivity contribution in [3.05, 3.63) is 35.4 Å². The summed E-state index contributed by atoms with van der Waals surface area (Å²) in [6.45, 7) is 4.29. The monoisotopic (exact) mass is 229 g/mol. The summed E-state index contributed by atoms with van der Waals surface area (Å²) in [6.07, 6.45) is 5.50. The molecule has 0 unspecified atom stereocenters. The molecule has 3 nitrogen and oxygen atoms in total. The largest absolute Gasteiger partial charge is 0.273 e. The summed E-state index contributed by atoms with van der Waals surface area (Å²) in [5.41, 5.74) is 0.944. The van der Waals surface area contributed by atoms with Gasteiger partial charge in [0.1, 0.15) is 0 Å². The molecule has 0 aliphatic carbocycles. The van der Waals surface area contributed by atoms with Crippen LogP contribution in [0.1, 0.15) is 41.0 Å². The number of amides is 2. The van der Waals surface area contributed by atoms with Crippen LogP contribution in [-0.2, 0) is 0 Å². The van der Waals surface area contributed by atoms with E-state index in [1.807, 2.05) is 13.8 Å². The van der Waals surface area contributed by atoms with Crippen molar-refractivity contribution in [1.82, 2.24) is 4.90 Å². The molecule has 17 heavy (non-hydrogen) atoms. The SMILES string of the molecule is C#CCCN1C(=O)c2ccccc2C1=O.CC. The van der Waals surface area contributed by atoms with E-state index in [9.17, 15) is 9.59 Å². The van der Waals surface area contributed by atoms with Crippen LogP contribution in [-0.4, -0.2) is 23.3 Å². The molecule has 0 N–H and O–H groups in total. The number of hydrogen-bond acceptors (Lipinski definition) is 2. The maximum Gasteiger partial charge on any atom is 0.261 e. The number of fused-ring (bicyclic) bond motifs is 1. The molecular formula is C14H15NO2. The van der Waals surface area contributed by atoms with Gasteiger partial charge in [-0.1, -0.05) is 26.0 Å². The number of terminal acetylenes is 1. The van der Waals surface area contributed by atoms with Gasteiger partial charge < -0.3 is 0 Å². The maximum absolute atomic E-state index is 11.7. The molecule has 88 valence electrons. The van der Waals surface area contributed by atoms with Crippen LogP contribution in [0.15, 0.2) is 24.3 Å². The maximum atomic E-state index is 11.7. The van der Waals surface area contributed by atoms with Gasteiger partial charge in [-0.3, -0.25) is 14.5 Å². The first-order valence-electron chi connectivity index (χ1n) is 5.64. The van der Waals surface area contributed by atoms with E-state index in [1.54, 1.807) is 24.3 Å². The molecule has 0 saturated heterocycles. The van der Waals surface area contributed by atoms with Crippen LogP contribution in [0.25, 0.3) is 0 Å². The highest BCUT2D eigenvalue weighted by Crippen LogP contribution is 2.22. The molecule has 1 aliphatic rings. The molecule has 3 heteroatoms. The first-order valence-corrected chi connectivity index (χ1v) is 5.64. The Labute approximate surface area is 101 Å². The minimum Gasteiger partial charge on any atom is -0.273 e. The fourth-order valence-electron chi connectivity index (χ4n) is 1.62. The lowest BCUT2D eigenvalue weighted by Crippen LogP contribution is -2.30. The van der Waals surface area contributed by atoms with E-state index in [2.05, 4.69) is 5.92 Å². The van der Waals surface area contributed by atoms with E-state index in [0.717, 1.165) is 0 Å². The summed E-state index contributed by atoms with van der Waals surface area (Å²) in [5, 5.41) is 0. The molecule has 2 amide bonds. The molecule has 0 radical (unpaired) electrons. The Morgan fingerprint density at radius 1 is 1.12 bits per heavy atom. The molecule has 1 heterocycles. The third-order valence-electron chi connectivity index (χ3n) is 2.36. The van der Waals surface area contributed by atoms with E-state index < -0.39 is 0 Å². The molecule has 0 spiro atoms. The zero-order valence-electron chi connectivity index (χ0n) is 10.1. The summed E-state index contributed by atoms with van der Waals surface area (Å²) in [4.78, 5) is 24.7. The van der Waals surface area contributed by atoms with E-state index in [4.69, 9.17) is 6.42 Å². The third-order valence-corrected chi connectivity index (χ3v) is 2.36. The van der Waals surface area contributed by atoms with Crippen LogP contribution >= 0.6 is 0 Å². The van der Waals surface area contributed by atoms with Crippen LogP contribution in [0.4, 0.5) is 0 Å². The van der Waals surface area contributed by atoms with E-state index in [0.29, 0.717) is 24.1 Å². The highest BCUT2D eigenvalue weighted by molar-refractivity contribution is 6.21. The second-order valence-corrected chi connectivity index (χ2v) is 3.26. The number of imide groups is 1. The van der Waals surface area contributed by atoms with Crippen LogP contribution in [0, 0.1) is 12.3 Å². The van der Waals surface area contributed by atoms with Crippen LogP contribution in [0.5, 0.6) is 0 Å². The lowest BCUT2D eigenvalue weighted by atomic mass is 10.1. The lowest BCUT2D eigenvalue weighted by Gasteiger charge is -2.10.